The highest BCUT2D eigenvalue weighted by Gasteiger charge is 2.16. The molecule has 2 N–H and O–H groups in total. The molecule has 0 aliphatic heterocycles. The SMILES string of the molecule is c1ccc(-n2c3ccc(-c4ccc5c(c4)[nH]c4ccccc45)cc3c3ccc(-c4ccc5[nH]c6ccccc6c5c4)cc32)cc1.c1ccc2c(c1)oc1ccccc12.c1ccccc1. The predicted molar refractivity (Wildman–Crippen MR) is 271 cm³/mol. The number of hydrogen-bond donors (Lipinski definition) is 2. The van der Waals surface area contributed by atoms with Crippen molar-refractivity contribution in [2.24, 2.45) is 0 Å². The Labute approximate surface area is 369 Å². The highest BCUT2D eigenvalue weighted by molar-refractivity contribution is 6.13. The molecule has 0 spiro atoms. The third-order valence-corrected chi connectivity index (χ3v) is 12.4. The summed E-state index contributed by atoms with van der Waals surface area (Å²) in [6.07, 6.45) is 0. The van der Waals surface area contributed by atoms with E-state index in [4.69, 9.17) is 4.42 Å². The van der Waals surface area contributed by atoms with Crippen LogP contribution < -0.4 is 0 Å². The van der Waals surface area contributed by atoms with Crippen molar-refractivity contribution in [3.05, 3.63) is 237 Å². The molecule has 0 radical (unpaired) electrons. The van der Waals surface area contributed by atoms with Crippen LogP contribution in [0.4, 0.5) is 0 Å². The lowest BCUT2D eigenvalue weighted by atomic mass is 9.99. The molecule has 14 aromatic rings. The van der Waals surface area contributed by atoms with Crippen LogP contribution in [0.5, 0.6) is 0 Å². The number of benzene rings is 10. The van der Waals surface area contributed by atoms with E-state index >= 15 is 0 Å². The van der Waals surface area contributed by atoms with E-state index in [-0.39, 0.29) is 0 Å². The van der Waals surface area contributed by atoms with Gasteiger partial charge in [0.2, 0.25) is 0 Å². The summed E-state index contributed by atoms with van der Waals surface area (Å²) in [5.74, 6) is 0. The number of rotatable bonds is 3. The molecule has 14 rings (SSSR count). The number of nitrogens with one attached hydrogen (secondary N) is 2. The Balaban J connectivity index is 0.000000187. The zero-order valence-electron chi connectivity index (χ0n) is 34.9. The molecule has 0 bridgehead atoms. The van der Waals surface area contributed by atoms with Crippen molar-refractivity contribution >= 4 is 87.4 Å². The van der Waals surface area contributed by atoms with Gasteiger partial charge in [-0.25, -0.2) is 0 Å². The fourth-order valence-electron chi connectivity index (χ4n) is 9.36. The topological polar surface area (TPSA) is 49.6 Å². The molecule has 0 fully saturated rings. The van der Waals surface area contributed by atoms with E-state index in [1.165, 1.54) is 87.4 Å². The van der Waals surface area contributed by atoms with Gasteiger partial charge in [0, 0.05) is 70.8 Å². The van der Waals surface area contributed by atoms with Gasteiger partial charge < -0.3 is 19.0 Å². The molecule has 302 valence electrons. The lowest BCUT2D eigenvalue weighted by molar-refractivity contribution is 0.669. The van der Waals surface area contributed by atoms with Crippen molar-refractivity contribution in [3.8, 4) is 27.9 Å². The number of aromatic amines is 2. The summed E-state index contributed by atoms with van der Waals surface area (Å²) in [7, 11) is 0. The van der Waals surface area contributed by atoms with Gasteiger partial charge in [0.1, 0.15) is 11.2 Å². The molecule has 4 heterocycles. The first-order chi connectivity index (χ1) is 31.7. The van der Waals surface area contributed by atoms with E-state index in [0.717, 1.165) is 27.9 Å². The van der Waals surface area contributed by atoms with Crippen LogP contribution in [0.25, 0.3) is 115 Å². The van der Waals surface area contributed by atoms with Gasteiger partial charge in [-0.1, -0.05) is 164 Å². The van der Waals surface area contributed by atoms with Crippen LogP contribution in [0.3, 0.4) is 0 Å². The van der Waals surface area contributed by atoms with Gasteiger partial charge in [-0.3, -0.25) is 0 Å². The minimum atomic E-state index is 0.962. The summed E-state index contributed by atoms with van der Waals surface area (Å²) >= 11 is 0. The third-order valence-electron chi connectivity index (χ3n) is 12.4. The van der Waals surface area contributed by atoms with Gasteiger partial charge in [0.05, 0.1) is 11.0 Å². The van der Waals surface area contributed by atoms with Crippen molar-refractivity contribution in [1.82, 2.24) is 14.5 Å². The van der Waals surface area contributed by atoms with E-state index in [0.29, 0.717) is 0 Å². The van der Waals surface area contributed by atoms with Crippen LogP contribution in [0.15, 0.2) is 241 Å². The Morgan fingerprint density at radius 3 is 1.38 bits per heavy atom. The highest BCUT2D eigenvalue weighted by atomic mass is 16.3. The third kappa shape index (κ3) is 6.57. The summed E-state index contributed by atoms with van der Waals surface area (Å²) in [5, 5.41) is 9.92. The first-order valence-electron chi connectivity index (χ1n) is 21.8. The van der Waals surface area contributed by atoms with Crippen molar-refractivity contribution in [2.75, 3.05) is 0 Å². The van der Waals surface area contributed by atoms with Gasteiger partial charge in [0.15, 0.2) is 0 Å². The van der Waals surface area contributed by atoms with Crippen LogP contribution in [0.2, 0.25) is 0 Å². The largest absolute Gasteiger partial charge is 0.456 e. The molecule has 0 aliphatic carbocycles. The van der Waals surface area contributed by atoms with Crippen LogP contribution >= 0.6 is 0 Å². The maximum absolute atomic E-state index is 5.65. The molecule has 64 heavy (non-hydrogen) atoms. The van der Waals surface area contributed by atoms with E-state index in [9.17, 15) is 0 Å². The highest BCUT2D eigenvalue weighted by Crippen LogP contribution is 2.39. The van der Waals surface area contributed by atoms with Crippen LogP contribution in [-0.4, -0.2) is 14.5 Å². The Morgan fingerprint density at radius 2 is 0.703 bits per heavy atom. The fourth-order valence-corrected chi connectivity index (χ4v) is 9.36. The van der Waals surface area contributed by atoms with Gasteiger partial charge in [-0.2, -0.15) is 0 Å². The van der Waals surface area contributed by atoms with Crippen LogP contribution in [0, 0.1) is 0 Å². The summed E-state index contributed by atoms with van der Waals surface area (Å²) in [5.41, 5.74) is 15.0. The molecule has 0 saturated heterocycles. The summed E-state index contributed by atoms with van der Waals surface area (Å²) in [4.78, 5) is 7.18. The fraction of sp³-hybridized carbons (Fsp3) is 0. The molecule has 0 saturated carbocycles. The summed E-state index contributed by atoms with van der Waals surface area (Å²) in [6, 6.07) is 83.3. The van der Waals surface area contributed by atoms with Crippen LogP contribution in [0.1, 0.15) is 0 Å². The summed E-state index contributed by atoms with van der Waals surface area (Å²) in [6.45, 7) is 0. The normalized spacial score (nSPS) is 11.4. The maximum atomic E-state index is 5.65. The molecular formula is C60H41N3O. The molecule has 4 aromatic heterocycles. The van der Waals surface area contributed by atoms with Crippen molar-refractivity contribution in [1.29, 1.82) is 0 Å². The Morgan fingerprint density at radius 1 is 0.266 bits per heavy atom. The number of nitrogens with zero attached hydrogens (tertiary/aromatic N) is 1. The van der Waals surface area contributed by atoms with Gasteiger partial charge in [-0.15, -0.1) is 0 Å². The standard InChI is InChI=1S/C42H27N3.C12H8O.C6H6/c1-2-8-30(9-3-1)45-41-21-17-27(28-14-18-33-31-10-4-6-12-37(31)44-40(33)24-28)23-36(41)34-19-15-29(25-42(34)45)26-16-20-39-35(22-26)32-11-5-7-13-38(32)43-39;1-3-7-11-9(5-1)10-6-2-4-8-12(10)13-11;1-2-4-6-5-3-1/h1-25,43-44H;1-8H;1-6H. The monoisotopic (exact) mass is 819 g/mol. The lowest BCUT2D eigenvalue weighted by Gasteiger charge is -2.09. The smallest absolute Gasteiger partial charge is 0.135 e. The Bertz CT molecular complexity index is 3890. The first-order valence-corrected chi connectivity index (χ1v) is 21.8. The molecule has 0 atom stereocenters. The molecule has 0 unspecified atom stereocenters. The zero-order valence-corrected chi connectivity index (χ0v) is 34.9. The Kier molecular flexibility index (Phi) is 9.12. The van der Waals surface area contributed by atoms with Crippen molar-refractivity contribution in [3.63, 3.8) is 0 Å². The minimum Gasteiger partial charge on any atom is -0.456 e. The van der Waals surface area contributed by atoms with Gasteiger partial charge >= 0.3 is 0 Å². The minimum absolute atomic E-state index is 0.962. The number of fused-ring (bicyclic) bond motifs is 12. The van der Waals surface area contributed by atoms with Crippen molar-refractivity contribution < 1.29 is 4.42 Å². The second-order valence-corrected chi connectivity index (χ2v) is 16.2. The summed E-state index contributed by atoms with van der Waals surface area (Å²) < 4.78 is 8.06. The van der Waals surface area contributed by atoms with Crippen molar-refractivity contribution in [2.45, 2.75) is 0 Å². The maximum Gasteiger partial charge on any atom is 0.135 e. The van der Waals surface area contributed by atoms with E-state index < -0.39 is 0 Å². The van der Waals surface area contributed by atoms with E-state index in [1.54, 1.807) is 0 Å². The van der Waals surface area contributed by atoms with Crippen LogP contribution in [-0.2, 0) is 0 Å². The number of aromatic nitrogens is 3. The van der Waals surface area contributed by atoms with Gasteiger partial charge in [-0.05, 0) is 95.1 Å². The second-order valence-electron chi connectivity index (χ2n) is 16.2. The second kappa shape index (κ2) is 15.7. The van der Waals surface area contributed by atoms with E-state index in [2.05, 4.69) is 178 Å². The zero-order chi connectivity index (χ0) is 42.4. The number of para-hydroxylation sites is 5. The number of H-pyrrole nitrogens is 2. The molecular weight excluding hydrogens is 779 g/mol. The van der Waals surface area contributed by atoms with E-state index in [1.807, 2.05) is 72.8 Å². The number of furan rings is 1. The number of hydrogen-bond acceptors (Lipinski definition) is 1. The predicted octanol–water partition coefficient (Wildman–Crippen LogP) is 16.7. The molecule has 10 aromatic carbocycles. The average Bonchev–Trinajstić information content (AvgIpc) is 4.13. The average molecular weight is 820 g/mol. The molecule has 0 amide bonds. The molecule has 4 heteroatoms. The molecule has 4 nitrogen and oxygen atoms in total. The Hall–Kier alpha value is -8.60. The lowest BCUT2D eigenvalue weighted by Crippen LogP contribution is -1.93. The van der Waals surface area contributed by atoms with Gasteiger partial charge in [0.25, 0.3) is 0 Å². The molecule has 0 aliphatic rings. The quantitative estimate of drug-likeness (QED) is 0.183. The first kappa shape index (κ1) is 37.2.